The molecule has 0 bridgehead atoms. The molecule has 10 heteroatoms. The fraction of sp³-hybridized carbons (Fsp3) is 0.522. The summed E-state index contributed by atoms with van der Waals surface area (Å²) in [6.07, 6.45) is 8.29. The maximum absolute atomic E-state index is 13.5. The first-order valence-corrected chi connectivity index (χ1v) is 12.3. The van der Waals surface area contributed by atoms with Crippen LogP contribution in [0.15, 0.2) is 23.8 Å². The molecule has 0 spiro atoms. The van der Waals surface area contributed by atoms with Gasteiger partial charge >= 0.3 is 0 Å². The van der Waals surface area contributed by atoms with Crippen molar-refractivity contribution < 1.29 is 9.59 Å². The third-order valence-corrected chi connectivity index (χ3v) is 7.41. The minimum Gasteiger partial charge on any atom is -0.365 e. The van der Waals surface area contributed by atoms with E-state index in [0.29, 0.717) is 36.3 Å². The van der Waals surface area contributed by atoms with Gasteiger partial charge < -0.3 is 15.5 Å². The molecule has 0 atom stereocenters. The molecule has 0 radical (unpaired) electrons. The van der Waals surface area contributed by atoms with Crippen molar-refractivity contribution in [3.05, 3.63) is 29.5 Å². The lowest BCUT2D eigenvalue weighted by Gasteiger charge is -2.36. The molecule has 2 aliphatic rings. The quantitative estimate of drug-likeness (QED) is 0.540. The van der Waals surface area contributed by atoms with Gasteiger partial charge in [0, 0.05) is 41.8 Å². The average molecular weight is 468 g/mol. The number of aromatic nitrogens is 4. The molecule has 9 nitrogen and oxygen atoms in total. The molecule has 1 aliphatic heterocycles. The molecule has 1 aliphatic carbocycles. The number of likely N-dealkylation sites (tertiary alicyclic amines) is 1. The maximum Gasteiger partial charge on any atom is 0.272 e. The van der Waals surface area contributed by atoms with Crippen LogP contribution in [0.2, 0.25) is 0 Å². The van der Waals surface area contributed by atoms with E-state index in [1.807, 2.05) is 16.5 Å². The van der Waals surface area contributed by atoms with Crippen LogP contribution in [0.25, 0.3) is 16.2 Å². The van der Waals surface area contributed by atoms with E-state index in [1.165, 1.54) is 0 Å². The summed E-state index contributed by atoms with van der Waals surface area (Å²) in [5.74, 6) is 1.45. The molecule has 3 aromatic heterocycles. The minimum absolute atomic E-state index is 0.0443. The SMILES string of the molecule is CC(C)(C)Nc1cc(C(=O)N2CCC(C3(NC=O)CC3)CC2)nc(-c2cnn3ccsc23)n1. The summed E-state index contributed by atoms with van der Waals surface area (Å²) in [4.78, 5) is 36.7. The summed E-state index contributed by atoms with van der Waals surface area (Å²) in [5.41, 5.74) is 0.933. The number of anilines is 1. The van der Waals surface area contributed by atoms with E-state index in [4.69, 9.17) is 4.98 Å². The molecule has 0 unspecified atom stereocenters. The third kappa shape index (κ3) is 4.31. The second-order valence-electron chi connectivity index (χ2n) is 10.0. The highest BCUT2D eigenvalue weighted by atomic mass is 32.1. The van der Waals surface area contributed by atoms with Crippen molar-refractivity contribution in [2.45, 2.75) is 57.5 Å². The molecule has 2 amide bonds. The molecule has 0 aromatic carbocycles. The highest BCUT2D eigenvalue weighted by Crippen LogP contribution is 2.46. The summed E-state index contributed by atoms with van der Waals surface area (Å²) >= 11 is 1.56. The molecule has 3 aromatic rings. The van der Waals surface area contributed by atoms with E-state index in [0.717, 1.165) is 42.5 Å². The Labute approximate surface area is 196 Å². The van der Waals surface area contributed by atoms with Crippen molar-refractivity contribution in [3.8, 4) is 11.4 Å². The Morgan fingerprint density at radius 1 is 1.24 bits per heavy atom. The van der Waals surface area contributed by atoms with Gasteiger partial charge in [-0.15, -0.1) is 11.3 Å². The number of hydrogen-bond acceptors (Lipinski definition) is 7. The van der Waals surface area contributed by atoms with E-state index >= 15 is 0 Å². The van der Waals surface area contributed by atoms with Crippen molar-refractivity contribution in [1.82, 2.24) is 29.8 Å². The number of nitrogens with one attached hydrogen (secondary N) is 2. The molecular weight excluding hydrogens is 438 g/mol. The van der Waals surface area contributed by atoms with E-state index in [9.17, 15) is 9.59 Å². The summed E-state index contributed by atoms with van der Waals surface area (Å²) in [6, 6.07) is 1.74. The van der Waals surface area contributed by atoms with Crippen LogP contribution < -0.4 is 10.6 Å². The van der Waals surface area contributed by atoms with Gasteiger partial charge in [-0.1, -0.05) is 0 Å². The smallest absolute Gasteiger partial charge is 0.272 e. The van der Waals surface area contributed by atoms with Gasteiger partial charge in [0.05, 0.1) is 11.8 Å². The molecule has 33 heavy (non-hydrogen) atoms. The Morgan fingerprint density at radius 3 is 2.67 bits per heavy atom. The lowest BCUT2D eigenvalue weighted by molar-refractivity contribution is -0.110. The van der Waals surface area contributed by atoms with Crippen molar-refractivity contribution >= 4 is 34.3 Å². The minimum atomic E-state index is -0.217. The first-order valence-electron chi connectivity index (χ1n) is 11.4. The number of fused-ring (bicyclic) bond motifs is 1. The average Bonchev–Trinajstić information content (AvgIpc) is 3.22. The summed E-state index contributed by atoms with van der Waals surface area (Å²) in [6.45, 7) is 7.49. The summed E-state index contributed by atoms with van der Waals surface area (Å²) in [7, 11) is 0. The van der Waals surface area contributed by atoms with Gasteiger partial charge in [-0.05, 0) is 52.4 Å². The highest BCUT2D eigenvalue weighted by molar-refractivity contribution is 7.16. The van der Waals surface area contributed by atoms with Gasteiger partial charge in [0.15, 0.2) is 5.82 Å². The number of nitrogens with zero attached hydrogens (tertiary/aromatic N) is 5. The van der Waals surface area contributed by atoms with Crippen LogP contribution in [-0.4, -0.2) is 61.0 Å². The summed E-state index contributed by atoms with van der Waals surface area (Å²) in [5, 5.41) is 12.7. The highest BCUT2D eigenvalue weighted by Gasteiger charge is 2.49. The molecule has 2 N–H and O–H groups in total. The van der Waals surface area contributed by atoms with E-state index < -0.39 is 0 Å². The standard InChI is InChI=1S/C23H29N7O2S/c1-22(2,3)28-18-12-17(26-19(27-18)16-13-25-30-10-11-33-21(16)30)20(32)29-8-4-15(5-9-29)23(6-7-23)24-14-31/h10-15H,4-9H2,1-3H3,(H,24,31)(H,26,27,28). The Balaban J connectivity index is 1.41. The lowest BCUT2D eigenvalue weighted by Crippen LogP contribution is -2.46. The Hall–Kier alpha value is -3.01. The normalized spacial score (nSPS) is 18.3. The number of amides is 2. The van der Waals surface area contributed by atoms with E-state index in [2.05, 4.69) is 41.5 Å². The number of carbonyl (C=O) groups excluding carboxylic acids is 2. The fourth-order valence-electron chi connectivity index (χ4n) is 4.73. The zero-order valence-corrected chi connectivity index (χ0v) is 20.0. The van der Waals surface area contributed by atoms with Crippen molar-refractivity contribution in [1.29, 1.82) is 0 Å². The number of hydrogen-bond donors (Lipinski definition) is 2. The van der Waals surface area contributed by atoms with Crippen LogP contribution in [-0.2, 0) is 4.79 Å². The number of thiazole rings is 1. The van der Waals surface area contributed by atoms with E-state index in [1.54, 1.807) is 28.1 Å². The van der Waals surface area contributed by atoms with Gasteiger partial charge in [0.25, 0.3) is 5.91 Å². The molecule has 174 valence electrons. The van der Waals surface area contributed by atoms with Crippen LogP contribution in [0.5, 0.6) is 0 Å². The van der Waals surface area contributed by atoms with Gasteiger partial charge in [0.2, 0.25) is 6.41 Å². The zero-order valence-electron chi connectivity index (χ0n) is 19.2. The van der Waals surface area contributed by atoms with Crippen LogP contribution in [0.1, 0.15) is 56.9 Å². The predicted molar refractivity (Wildman–Crippen MR) is 127 cm³/mol. The van der Waals surface area contributed by atoms with Crippen LogP contribution >= 0.6 is 11.3 Å². The second-order valence-corrected chi connectivity index (χ2v) is 10.9. The molecule has 5 rings (SSSR count). The van der Waals surface area contributed by atoms with Crippen molar-refractivity contribution in [3.63, 3.8) is 0 Å². The monoisotopic (exact) mass is 467 g/mol. The Kier molecular flexibility index (Phi) is 5.35. The Morgan fingerprint density at radius 2 is 2.00 bits per heavy atom. The fourth-order valence-corrected chi connectivity index (χ4v) is 5.52. The number of carbonyl (C=O) groups is 2. The third-order valence-electron chi connectivity index (χ3n) is 6.52. The van der Waals surface area contributed by atoms with E-state index in [-0.39, 0.29) is 17.0 Å². The summed E-state index contributed by atoms with van der Waals surface area (Å²) < 4.78 is 1.79. The van der Waals surface area contributed by atoms with Crippen LogP contribution in [0, 0.1) is 5.92 Å². The van der Waals surface area contributed by atoms with Gasteiger partial charge in [-0.2, -0.15) is 5.10 Å². The molecular formula is C23H29N7O2S. The second kappa shape index (κ2) is 8.09. The molecule has 4 heterocycles. The first-order chi connectivity index (χ1) is 15.8. The van der Waals surface area contributed by atoms with Crippen LogP contribution in [0.3, 0.4) is 0 Å². The van der Waals surface area contributed by atoms with Gasteiger partial charge in [-0.25, -0.2) is 14.5 Å². The van der Waals surface area contributed by atoms with Crippen molar-refractivity contribution in [2.75, 3.05) is 18.4 Å². The lowest BCUT2D eigenvalue weighted by atomic mass is 9.87. The topological polar surface area (TPSA) is 105 Å². The van der Waals surface area contributed by atoms with Gasteiger partial charge in [0.1, 0.15) is 16.3 Å². The number of rotatable bonds is 6. The van der Waals surface area contributed by atoms with Crippen LogP contribution in [0.4, 0.5) is 5.82 Å². The van der Waals surface area contributed by atoms with Crippen molar-refractivity contribution in [2.24, 2.45) is 5.92 Å². The Bertz CT molecular complexity index is 1180. The maximum atomic E-state index is 13.5. The molecule has 1 saturated carbocycles. The zero-order chi connectivity index (χ0) is 23.2. The first kappa shape index (κ1) is 21.8. The number of piperidine rings is 1. The predicted octanol–water partition coefficient (Wildman–Crippen LogP) is 3.19. The molecule has 2 fully saturated rings. The largest absolute Gasteiger partial charge is 0.365 e. The molecule has 1 saturated heterocycles. The van der Waals surface area contributed by atoms with Gasteiger partial charge in [-0.3, -0.25) is 9.59 Å².